The molecular weight excluding hydrogens is 249 g/mol. The molecule has 1 atom stereocenters. The predicted molar refractivity (Wildman–Crippen MR) is 60.8 cm³/mol. The molecule has 1 aromatic heterocycles. The molecule has 0 amide bonds. The largest absolute Gasteiger partial charge is 0.401 e. The van der Waals surface area contributed by atoms with Crippen molar-refractivity contribution in [3.05, 3.63) is 12.4 Å². The maximum Gasteiger partial charge on any atom is 0.401 e. The van der Waals surface area contributed by atoms with Crippen molar-refractivity contribution in [2.24, 2.45) is 0 Å². The van der Waals surface area contributed by atoms with Crippen molar-refractivity contribution >= 4 is 5.69 Å². The van der Waals surface area contributed by atoms with Crippen LogP contribution in [0.15, 0.2) is 12.4 Å². The van der Waals surface area contributed by atoms with E-state index in [4.69, 9.17) is 5.73 Å². The molecule has 0 saturated heterocycles. The number of hydrogen-bond acceptors (Lipinski definition) is 4. The summed E-state index contributed by atoms with van der Waals surface area (Å²) < 4.78 is 38.1. The van der Waals surface area contributed by atoms with Gasteiger partial charge in [-0.1, -0.05) is 6.92 Å². The zero-order chi connectivity index (χ0) is 13.8. The Bertz CT molecular complexity index is 366. The lowest BCUT2D eigenvalue weighted by Gasteiger charge is -2.24. The summed E-state index contributed by atoms with van der Waals surface area (Å²) in [4.78, 5) is 1.14. The third-order valence-corrected chi connectivity index (χ3v) is 2.37. The van der Waals surface area contributed by atoms with E-state index in [0.29, 0.717) is 5.69 Å². The molecule has 1 heterocycles. The van der Waals surface area contributed by atoms with Gasteiger partial charge in [-0.05, 0) is 6.54 Å². The molecule has 3 N–H and O–H groups in total. The Morgan fingerprint density at radius 1 is 1.56 bits per heavy atom. The molecule has 0 aliphatic heterocycles. The highest BCUT2D eigenvalue weighted by molar-refractivity contribution is 5.30. The Hall–Kier alpha value is -1.28. The van der Waals surface area contributed by atoms with Crippen LogP contribution >= 0.6 is 0 Å². The van der Waals surface area contributed by atoms with E-state index >= 15 is 0 Å². The number of aliphatic hydroxyl groups excluding tert-OH is 1. The van der Waals surface area contributed by atoms with Gasteiger partial charge in [0.15, 0.2) is 0 Å². The molecule has 0 aliphatic rings. The number of aromatic nitrogens is 2. The van der Waals surface area contributed by atoms with Crippen molar-refractivity contribution in [3.8, 4) is 0 Å². The molecule has 0 aromatic carbocycles. The van der Waals surface area contributed by atoms with E-state index in [1.165, 1.54) is 17.1 Å². The molecular formula is C10H17F3N4O. The lowest BCUT2D eigenvalue weighted by molar-refractivity contribution is -0.148. The zero-order valence-electron chi connectivity index (χ0n) is 10.1. The summed E-state index contributed by atoms with van der Waals surface area (Å²) in [5.41, 5.74) is 5.89. The number of anilines is 1. The highest BCUT2D eigenvalue weighted by atomic mass is 19.4. The number of hydrogen-bond donors (Lipinski definition) is 2. The van der Waals surface area contributed by atoms with Crippen LogP contribution in [0, 0.1) is 0 Å². The molecule has 0 aliphatic carbocycles. The molecule has 0 spiro atoms. The number of likely N-dealkylation sites (N-methyl/N-ethyl adjacent to an activating group) is 1. The van der Waals surface area contributed by atoms with Gasteiger partial charge in [-0.2, -0.15) is 18.3 Å². The lowest BCUT2D eigenvalue weighted by atomic mass is 10.3. The van der Waals surface area contributed by atoms with Crippen molar-refractivity contribution in [2.45, 2.75) is 25.7 Å². The minimum atomic E-state index is -4.26. The summed E-state index contributed by atoms with van der Waals surface area (Å²) in [6.07, 6.45) is -2.25. The number of alkyl halides is 3. The van der Waals surface area contributed by atoms with Crippen molar-refractivity contribution in [3.63, 3.8) is 0 Å². The lowest BCUT2D eigenvalue weighted by Crippen LogP contribution is -2.40. The molecule has 5 nitrogen and oxygen atoms in total. The molecule has 0 radical (unpaired) electrons. The van der Waals surface area contributed by atoms with Crippen molar-refractivity contribution in [2.75, 3.05) is 25.4 Å². The number of nitrogens with two attached hydrogens (primary N) is 1. The second-order valence-corrected chi connectivity index (χ2v) is 4.09. The second-order valence-electron chi connectivity index (χ2n) is 4.09. The van der Waals surface area contributed by atoms with Gasteiger partial charge in [-0.25, -0.2) is 0 Å². The van der Waals surface area contributed by atoms with Crippen LogP contribution in [-0.2, 0) is 6.54 Å². The van der Waals surface area contributed by atoms with Gasteiger partial charge in [0.1, 0.15) is 0 Å². The maximum absolute atomic E-state index is 12.2. The Kier molecular flexibility index (Phi) is 4.97. The summed E-state index contributed by atoms with van der Waals surface area (Å²) in [6, 6.07) is 0. The normalized spacial score (nSPS) is 14.1. The Morgan fingerprint density at radius 2 is 2.22 bits per heavy atom. The Morgan fingerprint density at radius 3 is 2.67 bits per heavy atom. The zero-order valence-corrected chi connectivity index (χ0v) is 10.1. The number of halogens is 3. The number of nitrogen functional groups attached to an aromatic ring is 1. The molecule has 104 valence electrons. The van der Waals surface area contributed by atoms with Crippen molar-refractivity contribution in [1.29, 1.82) is 0 Å². The van der Waals surface area contributed by atoms with Gasteiger partial charge in [0, 0.05) is 12.7 Å². The molecule has 0 fully saturated rings. The average molecular weight is 266 g/mol. The molecule has 8 heteroatoms. The van der Waals surface area contributed by atoms with Gasteiger partial charge in [0.2, 0.25) is 0 Å². The minimum absolute atomic E-state index is 0.0597. The van der Waals surface area contributed by atoms with E-state index in [1.54, 1.807) is 6.92 Å². The van der Waals surface area contributed by atoms with Crippen LogP contribution in [0.5, 0.6) is 0 Å². The third kappa shape index (κ3) is 5.37. The Labute approximate surface area is 103 Å². The first-order valence-corrected chi connectivity index (χ1v) is 5.55. The third-order valence-electron chi connectivity index (χ3n) is 2.37. The van der Waals surface area contributed by atoms with Crippen LogP contribution in [0.2, 0.25) is 0 Å². The standard InChI is InChI=1S/C10H17F3N4O/c1-2-16(7-10(11,12)13)5-9(18)6-17-4-8(14)3-15-17/h3-4,9,18H,2,5-7,14H2,1H3. The minimum Gasteiger partial charge on any atom is -0.396 e. The highest BCUT2D eigenvalue weighted by Gasteiger charge is 2.30. The maximum atomic E-state index is 12.2. The number of aliphatic hydroxyl groups is 1. The highest BCUT2D eigenvalue weighted by Crippen LogP contribution is 2.16. The van der Waals surface area contributed by atoms with Crippen LogP contribution in [-0.4, -0.2) is 51.7 Å². The fourth-order valence-corrected chi connectivity index (χ4v) is 1.61. The van der Waals surface area contributed by atoms with Gasteiger partial charge >= 0.3 is 6.18 Å². The fraction of sp³-hybridized carbons (Fsp3) is 0.700. The number of rotatable bonds is 6. The van der Waals surface area contributed by atoms with E-state index in [-0.39, 0.29) is 19.6 Å². The first-order chi connectivity index (χ1) is 8.30. The molecule has 1 rings (SSSR count). The summed E-state index contributed by atoms with van der Waals surface area (Å²) in [5.74, 6) is 0. The van der Waals surface area contributed by atoms with Gasteiger partial charge in [0.05, 0.1) is 31.1 Å². The van der Waals surface area contributed by atoms with Crippen LogP contribution < -0.4 is 5.73 Å². The van der Waals surface area contributed by atoms with Crippen LogP contribution in [0.25, 0.3) is 0 Å². The van der Waals surface area contributed by atoms with Crippen molar-refractivity contribution < 1.29 is 18.3 Å². The van der Waals surface area contributed by atoms with E-state index in [9.17, 15) is 18.3 Å². The molecule has 1 aromatic rings. The van der Waals surface area contributed by atoms with E-state index < -0.39 is 18.8 Å². The molecule has 0 saturated carbocycles. The van der Waals surface area contributed by atoms with Crippen LogP contribution in [0.1, 0.15) is 6.92 Å². The summed E-state index contributed by atoms with van der Waals surface area (Å²) in [7, 11) is 0. The van der Waals surface area contributed by atoms with Crippen LogP contribution in [0.4, 0.5) is 18.9 Å². The first kappa shape index (κ1) is 14.8. The molecule has 1 unspecified atom stereocenters. The fourth-order valence-electron chi connectivity index (χ4n) is 1.61. The van der Waals surface area contributed by atoms with E-state index in [1.807, 2.05) is 0 Å². The molecule has 18 heavy (non-hydrogen) atoms. The van der Waals surface area contributed by atoms with E-state index in [0.717, 1.165) is 4.90 Å². The summed E-state index contributed by atoms with van der Waals surface area (Å²) in [5, 5.41) is 13.6. The van der Waals surface area contributed by atoms with Gasteiger partial charge < -0.3 is 10.8 Å². The quantitative estimate of drug-likeness (QED) is 0.796. The monoisotopic (exact) mass is 266 g/mol. The van der Waals surface area contributed by atoms with Crippen molar-refractivity contribution in [1.82, 2.24) is 14.7 Å². The first-order valence-electron chi connectivity index (χ1n) is 5.55. The topological polar surface area (TPSA) is 67.3 Å². The SMILES string of the molecule is CCN(CC(O)Cn1cc(N)cn1)CC(F)(F)F. The molecule has 0 bridgehead atoms. The Balaban J connectivity index is 2.44. The summed E-state index contributed by atoms with van der Waals surface area (Å²) in [6.45, 7) is 0.866. The van der Waals surface area contributed by atoms with Gasteiger partial charge in [0.25, 0.3) is 0 Å². The number of nitrogens with zero attached hydrogens (tertiary/aromatic N) is 3. The van der Waals surface area contributed by atoms with Gasteiger partial charge in [-0.15, -0.1) is 0 Å². The van der Waals surface area contributed by atoms with E-state index in [2.05, 4.69) is 5.10 Å². The summed E-state index contributed by atoms with van der Waals surface area (Å²) >= 11 is 0. The second kappa shape index (κ2) is 6.05. The average Bonchev–Trinajstić information content (AvgIpc) is 2.60. The van der Waals surface area contributed by atoms with Crippen LogP contribution in [0.3, 0.4) is 0 Å². The smallest absolute Gasteiger partial charge is 0.396 e. The predicted octanol–water partition coefficient (Wildman–Crippen LogP) is 0.710. The van der Waals surface area contributed by atoms with Gasteiger partial charge in [-0.3, -0.25) is 9.58 Å².